The topological polar surface area (TPSA) is 49.4 Å². The number of aryl methyl sites for hydroxylation is 2. The van der Waals surface area contributed by atoms with E-state index in [4.69, 9.17) is 11.6 Å². The monoisotopic (exact) mass is 384 g/mol. The zero-order valence-electron chi connectivity index (χ0n) is 15.8. The molecule has 0 aromatic heterocycles. The average molecular weight is 385 g/mol. The number of hydrogen-bond donors (Lipinski definition) is 1. The molecule has 0 radical (unpaired) electrons. The predicted molar refractivity (Wildman–Crippen MR) is 109 cm³/mol. The molecule has 1 saturated heterocycles. The molecule has 4 nitrogen and oxygen atoms in total. The largest absolute Gasteiger partial charge is 0.355 e. The highest BCUT2D eigenvalue weighted by Gasteiger charge is 2.36. The number of amides is 2. The summed E-state index contributed by atoms with van der Waals surface area (Å²) in [5.74, 6) is -0.338. The van der Waals surface area contributed by atoms with Crippen molar-refractivity contribution in [3.63, 3.8) is 0 Å². The minimum atomic E-state index is -0.304. The van der Waals surface area contributed by atoms with E-state index in [2.05, 4.69) is 12.2 Å². The fourth-order valence-corrected chi connectivity index (χ4v) is 3.87. The molecule has 1 unspecified atom stereocenters. The maximum Gasteiger partial charge on any atom is 0.227 e. The van der Waals surface area contributed by atoms with Crippen LogP contribution in [0.5, 0.6) is 0 Å². The van der Waals surface area contributed by atoms with Gasteiger partial charge in [0.1, 0.15) is 0 Å². The van der Waals surface area contributed by atoms with Gasteiger partial charge in [0.2, 0.25) is 11.8 Å². The third-order valence-electron chi connectivity index (χ3n) is 5.07. The van der Waals surface area contributed by atoms with E-state index >= 15 is 0 Å². The molecule has 2 amide bonds. The lowest BCUT2D eigenvalue weighted by molar-refractivity contribution is -0.126. The van der Waals surface area contributed by atoms with Gasteiger partial charge in [0.05, 0.1) is 5.92 Å². The number of anilines is 1. The number of para-hydroxylation sites is 1. The van der Waals surface area contributed by atoms with Gasteiger partial charge in [-0.05, 0) is 48.6 Å². The zero-order valence-corrected chi connectivity index (χ0v) is 16.6. The molecule has 142 valence electrons. The summed E-state index contributed by atoms with van der Waals surface area (Å²) in [4.78, 5) is 26.9. The standard InChI is InChI=1S/C22H25ClN2O2/c1-3-17-8-4-6-15(2)21(17)25-14-18(13-20(25)26)22(27)24-11-10-16-7-5-9-19(23)12-16/h4-9,12,18H,3,10-11,13-14H2,1-2H3,(H,24,27). The molecule has 3 rings (SSSR count). The molecule has 0 bridgehead atoms. The number of nitrogens with zero attached hydrogens (tertiary/aromatic N) is 1. The second-order valence-corrected chi connectivity index (χ2v) is 7.45. The van der Waals surface area contributed by atoms with Gasteiger partial charge >= 0.3 is 0 Å². The van der Waals surface area contributed by atoms with Crippen LogP contribution in [0.2, 0.25) is 5.02 Å². The van der Waals surface area contributed by atoms with Crippen LogP contribution >= 0.6 is 11.6 Å². The SMILES string of the molecule is CCc1cccc(C)c1N1CC(C(=O)NCCc2cccc(Cl)c2)CC1=O. The maximum absolute atomic E-state index is 12.6. The first-order chi connectivity index (χ1) is 13.0. The Bertz CT molecular complexity index is 850. The molecule has 1 heterocycles. The van der Waals surface area contributed by atoms with E-state index in [-0.39, 0.29) is 24.2 Å². The van der Waals surface area contributed by atoms with Gasteiger partial charge in [-0.2, -0.15) is 0 Å². The molecule has 1 fully saturated rings. The second-order valence-electron chi connectivity index (χ2n) is 7.01. The first kappa shape index (κ1) is 19.4. The summed E-state index contributed by atoms with van der Waals surface area (Å²) < 4.78 is 0. The maximum atomic E-state index is 12.6. The van der Waals surface area contributed by atoms with Crippen LogP contribution in [0.4, 0.5) is 5.69 Å². The van der Waals surface area contributed by atoms with Crippen molar-refractivity contribution in [2.24, 2.45) is 5.92 Å². The Labute approximate surface area is 165 Å². The normalized spacial score (nSPS) is 16.6. The van der Waals surface area contributed by atoms with Crippen molar-refractivity contribution < 1.29 is 9.59 Å². The van der Waals surface area contributed by atoms with E-state index in [0.29, 0.717) is 24.5 Å². The third kappa shape index (κ3) is 4.51. The van der Waals surface area contributed by atoms with Crippen molar-refractivity contribution >= 4 is 29.1 Å². The van der Waals surface area contributed by atoms with Gasteiger partial charge in [-0.15, -0.1) is 0 Å². The Morgan fingerprint density at radius 3 is 2.78 bits per heavy atom. The van der Waals surface area contributed by atoms with E-state index in [1.807, 2.05) is 49.4 Å². The number of carbonyl (C=O) groups excluding carboxylic acids is 2. The van der Waals surface area contributed by atoms with Crippen molar-refractivity contribution in [1.29, 1.82) is 0 Å². The lowest BCUT2D eigenvalue weighted by Gasteiger charge is -2.22. The molecule has 5 heteroatoms. The smallest absolute Gasteiger partial charge is 0.227 e. The van der Waals surface area contributed by atoms with Crippen LogP contribution in [0, 0.1) is 12.8 Å². The molecule has 2 aromatic carbocycles. The van der Waals surface area contributed by atoms with Crippen LogP contribution in [-0.2, 0) is 22.4 Å². The Hall–Kier alpha value is -2.33. The summed E-state index contributed by atoms with van der Waals surface area (Å²) in [6, 6.07) is 13.7. The number of hydrogen-bond acceptors (Lipinski definition) is 2. The molecule has 27 heavy (non-hydrogen) atoms. The molecule has 0 spiro atoms. The fourth-order valence-electron chi connectivity index (χ4n) is 3.66. The Kier molecular flexibility index (Phi) is 6.17. The fraction of sp³-hybridized carbons (Fsp3) is 0.364. The van der Waals surface area contributed by atoms with Gasteiger partial charge in [-0.25, -0.2) is 0 Å². The van der Waals surface area contributed by atoms with Gasteiger partial charge < -0.3 is 10.2 Å². The van der Waals surface area contributed by atoms with E-state index in [1.54, 1.807) is 4.90 Å². The average Bonchev–Trinajstić information content (AvgIpc) is 3.03. The van der Waals surface area contributed by atoms with Gasteiger partial charge in [0.25, 0.3) is 0 Å². The molecular weight excluding hydrogens is 360 g/mol. The summed E-state index contributed by atoms with van der Waals surface area (Å²) in [5.41, 5.74) is 4.27. The van der Waals surface area contributed by atoms with Crippen LogP contribution in [0.25, 0.3) is 0 Å². The third-order valence-corrected chi connectivity index (χ3v) is 5.30. The van der Waals surface area contributed by atoms with E-state index in [0.717, 1.165) is 28.8 Å². The minimum absolute atomic E-state index is 0.0222. The summed E-state index contributed by atoms with van der Waals surface area (Å²) in [7, 11) is 0. The first-order valence-electron chi connectivity index (χ1n) is 9.40. The summed E-state index contributed by atoms with van der Waals surface area (Å²) in [5, 5.41) is 3.66. The minimum Gasteiger partial charge on any atom is -0.355 e. The highest BCUT2D eigenvalue weighted by molar-refractivity contribution is 6.30. The van der Waals surface area contributed by atoms with E-state index in [1.165, 1.54) is 0 Å². The number of carbonyl (C=O) groups is 2. The van der Waals surface area contributed by atoms with Gasteiger partial charge in [-0.3, -0.25) is 9.59 Å². The molecular formula is C22H25ClN2O2. The van der Waals surface area contributed by atoms with Crippen LogP contribution < -0.4 is 10.2 Å². The molecule has 1 N–H and O–H groups in total. The van der Waals surface area contributed by atoms with Crippen molar-refractivity contribution in [2.45, 2.75) is 33.1 Å². The summed E-state index contributed by atoms with van der Waals surface area (Å²) >= 11 is 5.99. The lowest BCUT2D eigenvalue weighted by atomic mass is 10.0. The first-order valence-corrected chi connectivity index (χ1v) is 9.78. The number of rotatable bonds is 6. The highest BCUT2D eigenvalue weighted by Crippen LogP contribution is 2.31. The van der Waals surface area contributed by atoms with Crippen molar-refractivity contribution in [3.05, 3.63) is 64.2 Å². The van der Waals surface area contributed by atoms with Crippen molar-refractivity contribution in [3.8, 4) is 0 Å². The van der Waals surface area contributed by atoms with Gasteiger partial charge in [-0.1, -0.05) is 48.9 Å². The quantitative estimate of drug-likeness (QED) is 0.820. The molecule has 2 aromatic rings. The molecule has 0 aliphatic carbocycles. The van der Waals surface area contributed by atoms with Crippen molar-refractivity contribution in [2.75, 3.05) is 18.0 Å². The van der Waals surface area contributed by atoms with Crippen LogP contribution in [0.3, 0.4) is 0 Å². The van der Waals surface area contributed by atoms with Crippen LogP contribution in [0.1, 0.15) is 30.0 Å². The predicted octanol–water partition coefficient (Wildman–Crippen LogP) is 3.92. The van der Waals surface area contributed by atoms with E-state index < -0.39 is 0 Å². The number of benzene rings is 2. The van der Waals surface area contributed by atoms with Crippen LogP contribution in [-0.4, -0.2) is 24.9 Å². The van der Waals surface area contributed by atoms with E-state index in [9.17, 15) is 9.59 Å². The molecule has 1 aliphatic heterocycles. The molecule has 1 aliphatic rings. The Balaban J connectivity index is 1.61. The molecule has 1 atom stereocenters. The highest BCUT2D eigenvalue weighted by atomic mass is 35.5. The second kappa shape index (κ2) is 8.57. The lowest BCUT2D eigenvalue weighted by Crippen LogP contribution is -2.34. The molecule has 0 saturated carbocycles. The zero-order chi connectivity index (χ0) is 19.4. The Morgan fingerprint density at radius 2 is 2.04 bits per heavy atom. The van der Waals surface area contributed by atoms with Crippen molar-refractivity contribution in [1.82, 2.24) is 5.32 Å². The number of nitrogens with one attached hydrogen (secondary N) is 1. The van der Waals surface area contributed by atoms with Crippen LogP contribution in [0.15, 0.2) is 42.5 Å². The number of halogens is 1. The van der Waals surface area contributed by atoms with Gasteiger partial charge in [0.15, 0.2) is 0 Å². The summed E-state index contributed by atoms with van der Waals surface area (Å²) in [6.07, 6.45) is 1.84. The van der Waals surface area contributed by atoms with Gasteiger partial charge in [0, 0.05) is 30.2 Å². The summed E-state index contributed by atoms with van der Waals surface area (Å²) in [6.45, 7) is 5.08. The Morgan fingerprint density at radius 1 is 1.26 bits per heavy atom.